The molecule has 1 aliphatic rings. The van der Waals surface area contributed by atoms with Crippen LogP contribution in [0, 0.1) is 17.8 Å². The molecule has 1 rings (SSSR count). The maximum atomic E-state index is 5.43. The molecule has 0 radical (unpaired) electrons. The molecule has 166 valence electrons. The van der Waals surface area contributed by atoms with E-state index in [0.29, 0.717) is 0 Å². The van der Waals surface area contributed by atoms with Crippen molar-refractivity contribution in [3.8, 4) is 0 Å². The molecule has 0 aliphatic heterocycles. The fraction of sp³-hybridized carbons (Fsp3) is 0.692. The fourth-order valence-electron chi connectivity index (χ4n) is 2.76. The van der Waals surface area contributed by atoms with E-state index in [-0.39, 0.29) is 21.7 Å². The largest absolute Gasteiger partial charge is 0.272 e. The average molecular weight is 454 g/mol. The van der Waals surface area contributed by atoms with Gasteiger partial charge in [0.1, 0.15) is 0 Å². The molecular weight excluding hydrogens is 405 g/mol. The molecule has 0 unspecified atom stereocenters. The second-order valence-electron chi connectivity index (χ2n) is 9.76. The first kappa shape index (κ1) is 31.1. The topological polar surface area (TPSA) is 12.4 Å². The Morgan fingerprint density at radius 1 is 0.862 bits per heavy atom. The first-order chi connectivity index (χ1) is 13.0. The minimum atomic E-state index is -1.19. The molecule has 29 heavy (non-hydrogen) atoms. The minimum absolute atomic E-state index is 0. The Kier molecular flexibility index (Phi) is 17.8. The molecule has 0 fully saturated rings. The number of nitrogens with zero attached hydrogens (tertiary/aromatic N) is 1. The van der Waals surface area contributed by atoms with Crippen molar-refractivity contribution >= 4 is 7.05 Å². The van der Waals surface area contributed by atoms with Gasteiger partial charge in [-0.3, -0.25) is 4.74 Å². The summed E-state index contributed by atoms with van der Waals surface area (Å²) in [5, 5.41) is 0. The Hall–Kier alpha value is -0.0957. The normalized spacial score (nSPS) is 13.1. The Morgan fingerprint density at radius 3 is 1.48 bits per heavy atom. The number of hydrogen-bond acceptors (Lipinski definition) is 1. The molecule has 0 N–H and O–H groups in total. The van der Waals surface area contributed by atoms with Crippen molar-refractivity contribution in [1.29, 1.82) is 0 Å². The van der Waals surface area contributed by atoms with Crippen molar-refractivity contribution in [2.75, 3.05) is 18.5 Å². The molecule has 0 aromatic rings. The molecule has 0 saturated carbocycles. The van der Waals surface area contributed by atoms with E-state index in [0.717, 1.165) is 35.3 Å². The molecular formula is C26H48NPTi. The molecule has 0 aromatic heterocycles. The van der Waals surface area contributed by atoms with E-state index in [1.165, 1.54) is 43.4 Å². The summed E-state index contributed by atoms with van der Waals surface area (Å²) in [7, 11) is -1.19. The van der Waals surface area contributed by atoms with Crippen LogP contribution >= 0.6 is 7.05 Å². The third kappa shape index (κ3) is 16.3. The maximum absolute atomic E-state index is 5.43. The SMILES string of the molecule is C=C(C)C(=C)C.CC(C)CCP(CCC(C)C)(CCC(C)C)=NC1=CC=CC1.[Ti]. The first-order valence-corrected chi connectivity index (χ1v) is 13.5. The van der Waals surface area contributed by atoms with Crippen LogP contribution in [0.3, 0.4) is 0 Å². The van der Waals surface area contributed by atoms with Gasteiger partial charge in [-0.15, -0.1) is 0 Å². The van der Waals surface area contributed by atoms with E-state index in [9.17, 15) is 0 Å². The van der Waals surface area contributed by atoms with Gasteiger partial charge in [-0.1, -0.05) is 78.0 Å². The molecule has 0 saturated heterocycles. The van der Waals surface area contributed by atoms with Crippen molar-refractivity contribution in [2.45, 2.75) is 81.1 Å². The van der Waals surface area contributed by atoms with Gasteiger partial charge in [0, 0.05) is 33.8 Å². The molecule has 0 aromatic carbocycles. The second kappa shape index (κ2) is 16.6. The molecule has 1 aliphatic carbocycles. The van der Waals surface area contributed by atoms with Crippen LogP contribution in [0.4, 0.5) is 0 Å². The standard InChI is InChI=1S/C20H38NP.C6H10.Ti/c1-17(2)11-14-22(15-12-18(3)4,16-13-19(5)6)21-20-9-7-8-10-20;1-5(2)6(3)4;/h7-9,17-19H,10-16H2,1-6H3;1,3H2,2,4H3;. The summed E-state index contributed by atoms with van der Waals surface area (Å²) in [6.45, 7) is 25.3. The molecule has 0 spiro atoms. The van der Waals surface area contributed by atoms with E-state index in [1.807, 2.05) is 13.8 Å². The van der Waals surface area contributed by atoms with Crippen LogP contribution in [0.1, 0.15) is 81.1 Å². The summed E-state index contributed by atoms with van der Waals surface area (Å²) >= 11 is 0. The van der Waals surface area contributed by atoms with Gasteiger partial charge in [-0.2, -0.15) is 0 Å². The third-order valence-corrected chi connectivity index (χ3v) is 9.14. The summed E-state index contributed by atoms with van der Waals surface area (Å²) in [5.74, 6) is 2.38. The number of allylic oxidation sites excluding steroid dienone is 5. The van der Waals surface area contributed by atoms with Crippen LogP contribution in [0.15, 0.2) is 53.0 Å². The molecule has 3 heteroatoms. The second-order valence-corrected chi connectivity index (χ2v) is 13.5. The molecule has 0 amide bonds. The van der Waals surface area contributed by atoms with Crippen molar-refractivity contribution in [2.24, 2.45) is 22.5 Å². The van der Waals surface area contributed by atoms with Crippen LogP contribution in [0.25, 0.3) is 0 Å². The molecule has 1 nitrogen and oxygen atoms in total. The predicted octanol–water partition coefficient (Wildman–Crippen LogP) is 9.31. The van der Waals surface area contributed by atoms with Crippen LogP contribution in [0.5, 0.6) is 0 Å². The molecule has 0 atom stereocenters. The quantitative estimate of drug-likeness (QED) is 0.168. The van der Waals surface area contributed by atoms with E-state index in [2.05, 4.69) is 72.9 Å². The molecule has 0 heterocycles. The Bertz CT molecular complexity index is 544. The monoisotopic (exact) mass is 453 g/mol. The smallest absolute Gasteiger partial charge is 0.0425 e. The summed E-state index contributed by atoms with van der Waals surface area (Å²) in [4.78, 5) is 0. The van der Waals surface area contributed by atoms with Crippen molar-refractivity contribution in [3.05, 3.63) is 48.2 Å². The summed E-state index contributed by atoms with van der Waals surface area (Å²) in [5.41, 5.74) is 3.48. The molecule has 0 bridgehead atoms. The maximum Gasteiger partial charge on any atom is 0.0425 e. The van der Waals surface area contributed by atoms with E-state index >= 15 is 0 Å². The zero-order valence-electron chi connectivity index (χ0n) is 20.7. The number of rotatable bonds is 11. The average Bonchev–Trinajstić information content (AvgIpc) is 3.09. The number of hydrogen-bond donors (Lipinski definition) is 0. The van der Waals surface area contributed by atoms with Gasteiger partial charge >= 0.3 is 0 Å². The summed E-state index contributed by atoms with van der Waals surface area (Å²) in [6, 6.07) is 0. The van der Waals surface area contributed by atoms with E-state index < -0.39 is 7.05 Å². The fourth-order valence-corrected chi connectivity index (χ4v) is 7.42. The zero-order valence-corrected chi connectivity index (χ0v) is 23.2. The minimum Gasteiger partial charge on any atom is -0.272 e. The first-order valence-electron chi connectivity index (χ1n) is 11.2. The summed E-state index contributed by atoms with van der Waals surface area (Å²) < 4.78 is 5.43. The Balaban J connectivity index is 0. The Morgan fingerprint density at radius 2 is 1.24 bits per heavy atom. The Labute approximate surface area is 198 Å². The van der Waals surface area contributed by atoms with Gasteiger partial charge in [-0.25, -0.2) is 0 Å². The van der Waals surface area contributed by atoms with Gasteiger partial charge in [0.05, 0.1) is 0 Å². The summed E-state index contributed by atoms with van der Waals surface area (Å²) in [6.07, 6.45) is 15.9. The van der Waals surface area contributed by atoms with E-state index in [1.54, 1.807) is 0 Å². The third-order valence-electron chi connectivity index (χ3n) is 5.19. The van der Waals surface area contributed by atoms with Gasteiger partial charge in [0.2, 0.25) is 0 Å². The predicted molar refractivity (Wildman–Crippen MR) is 134 cm³/mol. The van der Waals surface area contributed by atoms with Gasteiger partial charge in [-0.05, 0) is 82.5 Å². The van der Waals surface area contributed by atoms with Crippen molar-refractivity contribution in [3.63, 3.8) is 0 Å². The van der Waals surface area contributed by atoms with Crippen molar-refractivity contribution < 1.29 is 21.7 Å². The van der Waals surface area contributed by atoms with Crippen LogP contribution < -0.4 is 0 Å². The van der Waals surface area contributed by atoms with Crippen LogP contribution in [-0.2, 0) is 21.7 Å². The van der Waals surface area contributed by atoms with Crippen molar-refractivity contribution in [1.82, 2.24) is 0 Å². The zero-order chi connectivity index (χ0) is 21.7. The van der Waals surface area contributed by atoms with Crippen LogP contribution in [-0.4, -0.2) is 18.5 Å². The van der Waals surface area contributed by atoms with Crippen LogP contribution in [0.2, 0.25) is 0 Å². The van der Waals surface area contributed by atoms with Gasteiger partial charge in [0.25, 0.3) is 0 Å². The van der Waals surface area contributed by atoms with E-state index in [4.69, 9.17) is 4.74 Å². The van der Waals surface area contributed by atoms with Gasteiger partial charge < -0.3 is 0 Å². The van der Waals surface area contributed by atoms with Gasteiger partial charge in [0.15, 0.2) is 0 Å².